The molecule has 3 atom stereocenters. The minimum absolute atomic E-state index is 0.0327. The Morgan fingerprint density at radius 1 is 0.938 bits per heavy atom. The first kappa shape index (κ1) is 21.2. The minimum Gasteiger partial charge on any atom is -0.375 e. The molecular formula is C27H32N2O3. The molecule has 0 radical (unpaired) electrons. The SMILES string of the molecule is O=C(Cc1ccccc1)N1CC2C(CNC(=O)C(O)(c3ccccc3)C3CCCC3)C2C1. The number of carbonyl (C=O) groups excluding carboxylic acids is 2. The Bertz CT molecular complexity index is 945. The number of fused-ring (bicyclic) bond motifs is 1. The van der Waals surface area contributed by atoms with Crippen LogP contribution in [0.25, 0.3) is 0 Å². The summed E-state index contributed by atoms with van der Waals surface area (Å²) in [6.45, 7) is 2.14. The van der Waals surface area contributed by atoms with E-state index in [2.05, 4.69) is 5.32 Å². The number of rotatable bonds is 7. The van der Waals surface area contributed by atoms with E-state index < -0.39 is 5.60 Å². The van der Waals surface area contributed by atoms with E-state index in [1.54, 1.807) is 0 Å². The standard InChI is InChI=1S/C27H32N2O3/c30-25(15-19-9-3-1-4-10-19)29-17-23-22(24(23)18-29)16-28-26(31)27(32,21-13-7-8-14-21)20-11-5-2-6-12-20/h1-6,9-12,21-24,32H,7-8,13-18H2,(H,28,31). The number of amides is 2. The predicted molar refractivity (Wildman–Crippen MR) is 123 cm³/mol. The highest BCUT2D eigenvalue weighted by Crippen LogP contribution is 2.51. The average molecular weight is 433 g/mol. The molecule has 2 aromatic rings. The van der Waals surface area contributed by atoms with Gasteiger partial charge in [-0.2, -0.15) is 0 Å². The summed E-state index contributed by atoms with van der Waals surface area (Å²) in [6.07, 6.45) is 4.34. The fourth-order valence-corrected chi connectivity index (χ4v) is 5.97. The molecule has 0 bridgehead atoms. The van der Waals surface area contributed by atoms with E-state index >= 15 is 0 Å². The Labute approximate surface area is 189 Å². The third-order valence-corrected chi connectivity index (χ3v) is 7.93. The van der Waals surface area contributed by atoms with Crippen molar-refractivity contribution in [1.29, 1.82) is 0 Å². The molecule has 2 aromatic carbocycles. The van der Waals surface area contributed by atoms with Gasteiger partial charge >= 0.3 is 0 Å². The van der Waals surface area contributed by atoms with Gasteiger partial charge in [-0.1, -0.05) is 73.5 Å². The number of carbonyl (C=O) groups is 2. The molecule has 2 N–H and O–H groups in total. The monoisotopic (exact) mass is 432 g/mol. The van der Waals surface area contributed by atoms with Gasteiger partial charge in [0.1, 0.15) is 0 Å². The van der Waals surface area contributed by atoms with Crippen LogP contribution in [0.5, 0.6) is 0 Å². The molecule has 3 unspecified atom stereocenters. The largest absolute Gasteiger partial charge is 0.375 e. The van der Waals surface area contributed by atoms with Gasteiger partial charge in [0.2, 0.25) is 5.91 Å². The summed E-state index contributed by atoms with van der Waals surface area (Å²) in [5, 5.41) is 14.7. The van der Waals surface area contributed by atoms with Gasteiger partial charge in [-0.3, -0.25) is 9.59 Å². The molecule has 3 aliphatic rings. The van der Waals surface area contributed by atoms with Crippen molar-refractivity contribution in [2.24, 2.45) is 23.7 Å². The summed E-state index contributed by atoms with van der Waals surface area (Å²) in [5.74, 6) is 1.22. The average Bonchev–Trinajstić information content (AvgIpc) is 3.23. The van der Waals surface area contributed by atoms with E-state index in [-0.39, 0.29) is 17.7 Å². The Balaban J connectivity index is 1.16. The van der Waals surface area contributed by atoms with Crippen LogP contribution < -0.4 is 5.32 Å². The second-order valence-corrected chi connectivity index (χ2v) is 9.78. The lowest BCUT2D eigenvalue weighted by atomic mass is 9.79. The van der Waals surface area contributed by atoms with Gasteiger partial charge in [-0.05, 0) is 41.7 Å². The molecule has 2 aliphatic carbocycles. The van der Waals surface area contributed by atoms with Crippen LogP contribution in [0.15, 0.2) is 60.7 Å². The first-order valence-electron chi connectivity index (χ1n) is 11.9. The number of nitrogens with one attached hydrogen (secondary N) is 1. The Kier molecular flexibility index (Phi) is 5.76. The number of nitrogens with zero attached hydrogens (tertiary/aromatic N) is 1. The zero-order chi connectivity index (χ0) is 22.1. The molecule has 5 rings (SSSR count). The van der Waals surface area contributed by atoms with Crippen molar-refractivity contribution in [1.82, 2.24) is 10.2 Å². The van der Waals surface area contributed by atoms with Gasteiger partial charge in [-0.25, -0.2) is 0 Å². The van der Waals surface area contributed by atoms with Gasteiger partial charge in [-0.15, -0.1) is 0 Å². The second-order valence-electron chi connectivity index (χ2n) is 9.78. The van der Waals surface area contributed by atoms with Gasteiger partial charge in [0.15, 0.2) is 5.60 Å². The van der Waals surface area contributed by atoms with Crippen LogP contribution in [-0.4, -0.2) is 41.5 Å². The molecule has 2 saturated carbocycles. The number of aliphatic hydroxyl groups is 1. The lowest BCUT2D eigenvalue weighted by Crippen LogP contribution is -2.49. The van der Waals surface area contributed by atoms with Crippen LogP contribution in [0.4, 0.5) is 0 Å². The maximum Gasteiger partial charge on any atom is 0.256 e. The van der Waals surface area contributed by atoms with Crippen molar-refractivity contribution in [3.63, 3.8) is 0 Å². The lowest BCUT2D eigenvalue weighted by Gasteiger charge is -2.33. The first-order chi connectivity index (χ1) is 15.6. The van der Waals surface area contributed by atoms with E-state index in [1.807, 2.05) is 65.6 Å². The summed E-state index contributed by atoms with van der Waals surface area (Å²) in [6, 6.07) is 19.3. The molecule has 5 nitrogen and oxygen atoms in total. The molecular weight excluding hydrogens is 400 g/mol. The third-order valence-electron chi connectivity index (χ3n) is 7.93. The topological polar surface area (TPSA) is 69.6 Å². The zero-order valence-corrected chi connectivity index (χ0v) is 18.5. The summed E-state index contributed by atoms with van der Waals surface area (Å²) in [4.78, 5) is 27.8. The van der Waals surface area contributed by atoms with E-state index in [1.165, 1.54) is 0 Å². The van der Waals surface area contributed by atoms with E-state index in [9.17, 15) is 14.7 Å². The molecule has 1 heterocycles. The molecule has 5 heteroatoms. The molecule has 2 amide bonds. The molecule has 168 valence electrons. The normalized spacial score (nSPS) is 26.4. The molecule has 3 fully saturated rings. The lowest BCUT2D eigenvalue weighted by molar-refractivity contribution is -0.147. The van der Waals surface area contributed by atoms with Crippen LogP contribution in [0, 0.1) is 23.7 Å². The summed E-state index contributed by atoms with van der Waals surface area (Å²) < 4.78 is 0. The van der Waals surface area contributed by atoms with Gasteiger partial charge < -0.3 is 15.3 Å². The zero-order valence-electron chi connectivity index (χ0n) is 18.5. The molecule has 1 saturated heterocycles. The molecule has 1 aliphatic heterocycles. The van der Waals surface area contributed by atoms with E-state index in [0.717, 1.165) is 44.3 Å². The number of hydrogen-bond donors (Lipinski definition) is 2. The number of likely N-dealkylation sites (tertiary alicyclic amines) is 1. The molecule has 32 heavy (non-hydrogen) atoms. The third kappa shape index (κ3) is 3.95. The summed E-state index contributed by atoms with van der Waals surface area (Å²) in [5.41, 5.74) is 0.284. The maximum absolute atomic E-state index is 13.3. The second kappa shape index (κ2) is 8.70. The number of hydrogen-bond acceptors (Lipinski definition) is 3. The van der Waals surface area contributed by atoms with Gasteiger partial charge in [0.25, 0.3) is 5.91 Å². The number of benzene rings is 2. The van der Waals surface area contributed by atoms with Crippen LogP contribution in [0.3, 0.4) is 0 Å². The summed E-state index contributed by atoms with van der Waals surface area (Å²) in [7, 11) is 0. The van der Waals surface area contributed by atoms with Crippen molar-refractivity contribution < 1.29 is 14.7 Å². The van der Waals surface area contributed by atoms with Crippen molar-refractivity contribution in [2.75, 3.05) is 19.6 Å². The maximum atomic E-state index is 13.3. The van der Waals surface area contributed by atoms with E-state index in [4.69, 9.17) is 0 Å². The van der Waals surface area contributed by atoms with Crippen molar-refractivity contribution in [3.05, 3.63) is 71.8 Å². The van der Waals surface area contributed by atoms with E-state index in [0.29, 0.717) is 36.3 Å². The fourth-order valence-electron chi connectivity index (χ4n) is 5.97. The quantitative estimate of drug-likeness (QED) is 0.706. The van der Waals surface area contributed by atoms with Crippen LogP contribution >= 0.6 is 0 Å². The highest BCUT2D eigenvalue weighted by molar-refractivity contribution is 5.87. The van der Waals surface area contributed by atoms with Gasteiger partial charge in [0.05, 0.1) is 6.42 Å². The Morgan fingerprint density at radius 2 is 1.53 bits per heavy atom. The van der Waals surface area contributed by atoms with Gasteiger partial charge in [0, 0.05) is 25.6 Å². The Hall–Kier alpha value is -2.66. The predicted octanol–water partition coefficient (Wildman–Crippen LogP) is 3.13. The van der Waals surface area contributed by atoms with Crippen LogP contribution in [0.2, 0.25) is 0 Å². The van der Waals surface area contributed by atoms with Crippen molar-refractivity contribution in [3.8, 4) is 0 Å². The smallest absolute Gasteiger partial charge is 0.256 e. The highest BCUT2D eigenvalue weighted by Gasteiger charge is 2.56. The highest BCUT2D eigenvalue weighted by atomic mass is 16.3. The molecule has 0 aromatic heterocycles. The number of piperidine rings is 1. The van der Waals surface area contributed by atoms with Crippen molar-refractivity contribution >= 4 is 11.8 Å². The first-order valence-corrected chi connectivity index (χ1v) is 11.9. The minimum atomic E-state index is -1.46. The van der Waals surface area contributed by atoms with Crippen molar-refractivity contribution in [2.45, 2.75) is 37.7 Å². The molecule has 0 spiro atoms. The fraction of sp³-hybridized carbons (Fsp3) is 0.481. The van der Waals surface area contributed by atoms with Crippen LogP contribution in [0.1, 0.15) is 36.8 Å². The Morgan fingerprint density at radius 3 is 2.16 bits per heavy atom. The summed E-state index contributed by atoms with van der Waals surface area (Å²) >= 11 is 0. The van der Waals surface area contributed by atoms with Crippen LogP contribution in [-0.2, 0) is 21.6 Å².